The SMILES string of the molecule is BC1=C(C)C=CCC1. The fourth-order valence-corrected chi connectivity index (χ4v) is 0.899. The zero-order valence-electron chi connectivity index (χ0n) is 5.57. The van der Waals surface area contributed by atoms with Crippen LogP contribution in [0.2, 0.25) is 0 Å². The highest BCUT2D eigenvalue weighted by Crippen LogP contribution is 2.14. The van der Waals surface area contributed by atoms with Crippen molar-refractivity contribution in [1.29, 1.82) is 0 Å². The highest BCUT2D eigenvalue weighted by molar-refractivity contribution is 6.22. The molecule has 42 valence electrons. The second-order valence-electron chi connectivity index (χ2n) is 2.40. The predicted octanol–water partition coefficient (Wildman–Crippen LogP) is 1.24. The molecule has 0 spiro atoms. The fraction of sp³-hybridized carbons (Fsp3) is 0.429. The summed E-state index contributed by atoms with van der Waals surface area (Å²) in [6.07, 6.45) is 6.95. The first-order chi connectivity index (χ1) is 3.80. The van der Waals surface area contributed by atoms with Crippen LogP contribution in [0, 0.1) is 0 Å². The average molecular weight is 106 g/mol. The summed E-state index contributed by atoms with van der Waals surface area (Å²) in [6.45, 7) is 2.17. The quantitative estimate of drug-likeness (QED) is 0.407. The van der Waals surface area contributed by atoms with E-state index in [1.54, 1.807) is 5.47 Å². The van der Waals surface area contributed by atoms with E-state index in [-0.39, 0.29) is 0 Å². The minimum absolute atomic E-state index is 1.24. The lowest BCUT2D eigenvalue weighted by Gasteiger charge is -2.06. The Balaban J connectivity index is 2.76. The molecular weight excluding hydrogens is 94.9 g/mol. The van der Waals surface area contributed by atoms with Crippen molar-refractivity contribution in [1.82, 2.24) is 0 Å². The van der Waals surface area contributed by atoms with Crippen molar-refractivity contribution in [3.8, 4) is 0 Å². The normalized spacial score (nSPS) is 19.6. The highest BCUT2D eigenvalue weighted by Gasteiger charge is 1.96. The summed E-state index contributed by atoms with van der Waals surface area (Å²) in [4.78, 5) is 0. The summed E-state index contributed by atoms with van der Waals surface area (Å²) in [5.41, 5.74) is 3.00. The Morgan fingerprint density at radius 1 is 1.62 bits per heavy atom. The minimum atomic E-state index is 1.24. The minimum Gasteiger partial charge on any atom is -0.107 e. The van der Waals surface area contributed by atoms with Gasteiger partial charge in [0.15, 0.2) is 0 Å². The number of rotatable bonds is 0. The zero-order chi connectivity index (χ0) is 5.98. The largest absolute Gasteiger partial charge is 0.134 e. The van der Waals surface area contributed by atoms with Crippen LogP contribution in [0.5, 0.6) is 0 Å². The van der Waals surface area contributed by atoms with E-state index >= 15 is 0 Å². The molecule has 0 fully saturated rings. The van der Waals surface area contributed by atoms with E-state index in [9.17, 15) is 0 Å². The second kappa shape index (κ2) is 2.21. The van der Waals surface area contributed by atoms with Crippen LogP contribution in [-0.4, -0.2) is 7.85 Å². The topological polar surface area (TPSA) is 0 Å². The summed E-state index contributed by atoms with van der Waals surface area (Å²) in [5, 5.41) is 0. The monoisotopic (exact) mass is 106 g/mol. The van der Waals surface area contributed by atoms with Crippen LogP contribution >= 0.6 is 0 Å². The molecule has 0 N–H and O–H groups in total. The van der Waals surface area contributed by atoms with Gasteiger partial charge in [0.25, 0.3) is 0 Å². The molecule has 0 amide bonds. The second-order valence-corrected chi connectivity index (χ2v) is 2.40. The molecule has 8 heavy (non-hydrogen) atoms. The molecule has 0 aliphatic heterocycles. The van der Waals surface area contributed by atoms with Crippen LogP contribution in [-0.2, 0) is 0 Å². The average Bonchev–Trinajstić information content (AvgIpc) is 1.77. The van der Waals surface area contributed by atoms with E-state index in [2.05, 4.69) is 26.9 Å². The molecule has 1 rings (SSSR count). The van der Waals surface area contributed by atoms with Gasteiger partial charge in [-0.25, -0.2) is 0 Å². The zero-order valence-corrected chi connectivity index (χ0v) is 5.57. The maximum atomic E-state index is 2.24. The van der Waals surface area contributed by atoms with Gasteiger partial charge in [-0.15, -0.1) is 5.47 Å². The molecule has 0 saturated carbocycles. The third-order valence-corrected chi connectivity index (χ3v) is 1.73. The van der Waals surface area contributed by atoms with Crippen molar-refractivity contribution in [2.24, 2.45) is 0 Å². The van der Waals surface area contributed by atoms with Crippen LogP contribution in [0.3, 0.4) is 0 Å². The lowest BCUT2D eigenvalue weighted by molar-refractivity contribution is 0.996. The number of hydrogen-bond donors (Lipinski definition) is 0. The standard InChI is InChI=1S/C7H11B/c1-6-4-2-3-5-7(6)8/h2,4H,3,5,8H2,1H3. The van der Waals surface area contributed by atoms with Gasteiger partial charge in [0, 0.05) is 0 Å². The van der Waals surface area contributed by atoms with Crippen molar-refractivity contribution < 1.29 is 0 Å². The van der Waals surface area contributed by atoms with E-state index in [1.165, 1.54) is 18.4 Å². The lowest BCUT2D eigenvalue weighted by atomic mass is 9.84. The Morgan fingerprint density at radius 2 is 2.38 bits per heavy atom. The van der Waals surface area contributed by atoms with Crippen molar-refractivity contribution >= 4 is 7.85 Å². The summed E-state index contributed by atoms with van der Waals surface area (Å²) in [7, 11) is 2.21. The Morgan fingerprint density at radius 3 is 2.75 bits per heavy atom. The van der Waals surface area contributed by atoms with Crippen molar-refractivity contribution in [2.75, 3.05) is 0 Å². The maximum Gasteiger partial charge on any atom is 0.134 e. The van der Waals surface area contributed by atoms with Crippen LogP contribution in [0.1, 0.15) is 19.8 Å². The molecule has 0 bridgehead atoms. The molecule has 1 aliphatic carbocycles. The molecule has 0 radical (unpaired) electrons. The maximum absolute atomic E-state index is 2.24. The Bertz CT molecular complexity index is 142. The Hall–Kier alpha value is -0.455. The first-order valence-electron chi connectivity index (χ1n) is 3.13. The lowest BCUT2D eigenvalue weighted by Crippen LogP contribution is -1.90. The van der Waals surface area contributed by atoms with E-state index in [1.807, 2.05) is 0 Å². The van der Waals surface area contributed by atoms with E-state index in [0.29, 0.717) is 0 Å². The Kier molecular flexibility index (Phi) is 1.57. The van der Waals surface area contributed by atoms with Crippen molar-refractivity contribution in [3.05, 3.63) is 23.2 Å². The van der Waals surface area contributed by atoms with Crippen molar-refractivity contribution in [3.63, 3.8) is 0 Å². The molecule has 0 aromatic rings. The number of allylic oxidation sites excluding steroid dienone is 4. The summed E-state index contributed by atoms with van der Waals surface area (Å²) >= 11 is 0. The molecular formula is C7H11B. The smallest absolute Gasteiger partial charge is 0.107 e. The third kappa shape index (κ3) is 1.03. The van der Waals surface area contributed by atoms with Gasteiger partial charge in [-0.2, -0.15) is 0 Å². The molecule has 0 nitrogen and oxygen atoms in total. The van der Waals surface area contributed by atoms with Crippen LogP contribution in [0.4, 0.5) is 0 Å². The summed E-state index contributed by atoms with van der Waals surface area (Å²) < 4.78 is 0. The molecule has 0 atom stereocenters. The molecule has 0 heterocycles. The van der Waals surface area contributed by atoms with Gasteiger partial charge in [0.05, 0.1) is 0 Å². The first-order valence-corrected chi connectivity index (χ1v) is 3.13. The van der Waals surface area contributed by atoms with Gasteiger partial charge in [0.1, 0.15) is 7.85 Å². The molecule has 0 saturated heterocycles. The van der Waals surface area contributed by atoms with Gasteiger partial charge >= 0.3 is 0 Å². The highest BCUT2D eigenvalue weighted by atomic mass is 14.0. The summed E-state index contributed by atoms with van der Waals surface area (Å²) in [6, 6.07) is 0. The fourth-order valence-electron chi connectivity index (χ4n) is 0.899. The first kappa shape index (κ1) is 5.68. The molecule has 1 aliphatic rings. The summed E-state index contributed by atoms with van der Waals surface area (Å²) in [5.74, 6) is 0. The van der Waals surface area contributed by atoms with E-state index in [0.717, 1.165) is 0 Å². The Labute approximate surface area is 51.7 Å². The van der Waals surface area contributed by atoms with Gasteiger partial charge in [0.2, 0.25) is 0 Å². The van der Waals surface area contributed by atoms with E-state index < -0.39 is 0 Å². The van der Waals surface area contributed by atoms with Crippen molar-refractivity contribution in [2.45, 2.75) is 19.8 Å². The van der Waals surface area contributed by atoms with Gasteiger partial charge in [-0.1, -0.05) is 17.7 Å². The van der Waals surface area contributed by atoms with Gasteiger partial charge < -0.3 is 0 Å². The molecule has 0 aromatic heterocycles. The predicted molar refractivity (Wildman–Crippen MR) is 39.6 cm³/mol. The van der Waals surface area contributed by atoms with Gasteiger partial charge in [-0.05, 0) is 19.8 Å². The van der Waals surface area contributed by atoms with Crippen LogP contribution in [0.15, 0.2) is 23.2 Å². The van der Waals surface area contributed by atoms with Gasteiger partial charge in [-0.3, -0.25) is 0 Å². The molecule has 0 unspecified atom stereocenters. The van der Waals surface area contributed by atoms with Crippen LogP contribution < -0.4 is 0 Å². The number of hydrogen-bond acceptors (Lipinski definition) is 0. The van der Waals surface area contributed by atoms with Crippen LogP contribution in [0.25, 0.3) is 0 Å². The molecule has 0 aromatic carbocycles. The third-order valence-electron chi connectivity index (χ3n) is 1.73. The molecule has 1 heteroatoms. The van der Waals surface area contributed by atoms with E-state index in [4.69, 9.17) is 0 Å².